The lowest BCUT2D eigenvalue weighted by Gasteiger charge is -2.13. The van der Waals surface area contributed by atoms with E-state index < -0.39 is 6.04 Å². The molecule has 0 bridgehead atoms. The summed E-state index contributed by atoms with van der Waals surface area (Å²) in [5.41, 5.74) is 0.801. The van der Waals surface area contributed by atoms with Gasteiger partial charge in [-0.2, -0.15) is 0 Å². The lowest BCUT2D eigenvalue weighted by molar-refractivity contribution is -0.142. The molecule has 20 heavy (non-hydrogen) atoms. The van der Waals surface area contributed by atoms with Gasteiger partial charge in [-0.3, -0.25) is 0 Å². The second-order valence-corrected chi connectivity index (χ2v) is 4.13. The molecule has 0 saturated carbocycles. The quantitative estimate of drug-likeness (QED) is 0.640. The average molecular weight is 275 g/mol. The van der Waals surface area contributed by atoms with Crippen LogP contribution in [-0.2, 0) is 9.53 Å². The fourth-order valence-electron chi connectivity index (χ4n) is 1.53. The number of unbranched alkanes of at least 4 members (excludes halogenated alkanes) is 1. The molecular weight excluding hydrogens is 254 g/mol. The zero-order valence-electron chi connectivity index (χ0n) is 12.2. The van der Waals surface area contributed by atoms with Gasteiger partial charge in [0.1, 0.15) is 5.75 Å². The predicted molar refractivity (Wildman–Crippen MR) is 79.7 cm³/mol. The Morgan fingerprint density at radius 3 is 2.55 bits per heavy atom. The summed E-state index contributed by atoms with van der Waals surface area (Å²) in [5, 5.41) is 3.07. The van der Waals surface area contributed by atoms with Crippen LogP contribution in [0.1, 0.15) is 26.7 Å². The van der Waals surface area contributed by atoms with Gasteiger partial charge in [-0.1, -0.05) is 12.8 Å². The summed E-state index contributed by atoms with van der Waals surface area (Å²) in [6, 6.07) is 6.68. The molecule has 1 aromatic carbocycles. The van der Waals surface area contributed by atoms with Crippen LogP contribution >= 0.6 is 0 Å². The number of anilines is 1. The van der Waals surface area contributed by atoms with Gasteiger partial charge in [0, 0.05) is 12.1 Å². The van der Waals surface area contributed by atoms with Crippen LogP contribution in [0.3, 0.4) is 0 Å². The molecule has 1 atom stereocenters. The number of ether oxygens (including phenoxy) is 2. The predicted octanol–water partition coefficient (Wildman–Crippen LogP) is 2.84. The normalized spacial score (nSPS) is 10.9. The van der Waals surface area contributed by atoms with Gasteiger partial charge >= 0.3 is 5.97 Å². The fraction of sp³-hybridized carbons (Fsp3) is 0.438. The Hall–Kier alpha value is -2.15. The van der Waals surface area contributed by atoms with Gasteiger partial charge in [-0.25, -0.2) is 4.79 Å². The number of rotatable bonds is 6. The van der Waals surface area contributed by atoms with Crippen LogP contribution in [0.4, 0.5) is 5.69 Å². The van der Waals surface area contributed by atoms with Gasteiger partial charge in [0.05, 0.1) is 13.7 Å². The van der Waals surface area contributed by atoms with E-state index in [0.717, 1.165) is 24.3 Å². The molecule has 1 rings (SSSR count). The molecule has 0 heterocycles. The summed E-state index contributed by atoms with van der Waals surface area (Å²) in [7, 11) is 1.61. The first-order valence-electron chi connectivity index (χ1n) is 6.76. The molecular formula is C16H21NO3. The number of benzene rings is 1. The molecule has 4 nitrogen and oxygen atoms in total. The first kappa shape index (κ1) is 15.9. The summed E-state index contributed by atoms with van der Waals surface area (Å²) in [4.78, 5) is 11.9. The number of esters is 1. The van der Waals surface area contributed by atoms with E-state index in [1.807, 2.05) is 31.2 Å². The highest BCUT2D eigenvalue weighted by molar-refractivity contribution is 5.83. The Labute approximate surface area is 120 Å². The number of nitrogens with one attached hydrogen (secondary N) is 1. The molecule has 0 fully saturated rings. The number of carbonyl (C=O) groups excluding carboxylic acids is 1. The van der Waals surface area contributed by atoms with Gasteiger partial charge in [-0.15, -0.1) is 5.92 Å². The molecule has 0 unspecified atom stereocenters. The molecule has 1 aromatic rings. The van der Waals surface area contributed by atoms with Crippen LogP contribution in [0.5, 0.6) is 5.75 Å². The van der Waals surface area contributed by atoms with Crippen molar-refractivity contribution in [3.05, 3.63) is 24.3 Å². The fourth-order valence-corrected chi connectivity index (χ4v) is 1.53. The maximum Gasteiger partial charge on any atom is 0.341 e. The lowest BCUT2D eigenvalue weighted by atomic mass is 10.2. The third kappa shape index (κ3) is 5.23. The van der Waals surface area contributed by atoms with Gasteiger partial charge in [0.15, 0.2) is 6.04 Å². The third-order valence-electron chi connectivity index (χ3n) is 2.54. The summed E-state index contributed by atoms with van der Waals surface area (Å²) < 4.78 is 10.1. The molecule has 0 amide bonds. The third-order valence-corrected chi connectivity index (χ3v) is 2.54. The largest absolute Gasteiger partial charge is 0.497 e. The summed E-state index contributed by atoms with van der Waals surface area (Å²) >= 11 is 0. The Morgan fingerprint density at radius 2 is 2.00 bits per heavy atom. The minimum atomic E-state index is -0.644. The maximum absolute atomic E-state index is 11.9. The number of hydrogen-bond donors (Lipinski definition) is 1. The van der Waals surface area contributed by atoms with Crippen LogP contribution in [0, 0.1) is 11.8 Å². The zero-order chi connectivity index (χ0) is 14.8. The lowest BCUT2D eigenvalue weighted by Crippen LogP contribution is -2.30. The minimum absolute atomic E-state index is 0.342. The van der Waals surface area contributed by atoms with E-state index in [-0.39, 0.29) is 5.97 Å². The van der Waals surface area contributed by atoms with Crippen LogP contribution in [0.2, 0.25) is 0 Å². The topological polar surface area (TPSA) is 47.6 Å². The van der Waals surface area contributed by atoms with Crippen molar-refractivity contribution >= 4 is 11.7 Å². The Balaban J connectivity index is 2.77. The smallest absolute Gasteiger partial charge is 0.341 e. The van der Waals surface area contributed by atoms with Crippen LogP contribution in [0.15, 0.2) is 24.3 Å². The van der Waals surface area contributed by atoms with Crippen molar-refractivity contribution < 1.29 is 14.3 Å². The zero-order valence-corrected chi connectivity index (χ0v) is 12.2. The Kier molecular flexibility index (Phi) is 7.05. The minimum Gasteiger partial charge on any atom is -0.497 e. The molecule has 0 saturated heterocycles. The summed E-state index contributed by atoms with van der Waals surface area (Å²) in [6.45, 7) is 4.17. The number of hydrogen-bond acceptors (Lipinski definition) is 4. The van der Waals surface area contributed by atoms with E-state index in [1.165, 1.54) is 0 Å². The van der Waals surface area contributed by atoms with Crippen LogP contribution in [-0.4, -0.2) is 25.7 Å². The maximum atomic E-state index is 11.9. The Morgan fingerprint density at radius 1 is 1.30 bits per heavy atom. The van der Waals surface area contributed by atoms with E-state index in [1.54, 1.807) is 14.0 Å². The van der Waals surface area contributed by atoms with Crippen molar-refractivity contribution in [1.82, 2.24) is 0 Å². The number of methoxy groups -OCH3 is 1. The molecule has 108 valence electrons. The summed E-state index contributed by atoms with van der Waals surface area (Å²) in [5.74, 6) is 6.30. The summed E-state index contributed by atoms with van der Waals surface area (Å²) in [6.07, 6.45) is 1.73. The second kappa shape index (κ2) is 8.87. The second-order valence-electron chi connectivity index (χ2n) is 4.13. The average Bonchev–Trinajstić information content (AvgIpc) is 2.47. The van der Waals surface area contributed by atoms with Gasteiger partial charge < -0.3 is 14.8 Å². The van der Waals surface area contributed by atoms with Gasteiger partial charge in [-0.05, 0) is 37.6 Å². The van der Waals surface area contributed by atoms with Crippen molar-refractivity contribution in [2.75, 3.05) is 19.0 Å². The first-order valence-corrected chi connectivity index (χ1v) is 6.76. The van der Waals surface area contributed by atoms with E-state index in [4.69, 9.17) is 9.47 Å². The first-order chi connectivity index (χ1) is 9.71. The molecule has 0 aliphatic heterocycles. The molecule has 0 aliphatic carbocycles. The van der Waals surface area contributed by atoms with Crippen molar-refractivity contribution in [3.8, 4) is 17.6 Å². The SMILES string of the molecule is CCCC#C[C@@H](Nc1ccc(OC)cc1)C(=O)OCC. The van der Waals surface area contributed by atoms with Crippen LogP contribution in [0.25, 0.3) is 0 Å². The molecule has 0 radical (unpaired) electrons. The molecule has 0 aliphatic rings. The monoisotopic (exact) mass is 275 g/mol. The van der Waals surface area contributed by atoms with E-state index in [9.17, 15) is 4.79 Å². The van der Waals surface area contributed by atoms with Crippen molar-refractivity contribution in [1.29, 1.82) is 0 Å². The molecule has 4 heteroatoms. The highest BCUT2D eigenvalue weighted by atomic mass is 16.5. The standard InChI is InChI=1S/C16H21NO3/c1-4-6-7-8-15(16(18)20-5-2)17-13-9-11-14(19-3)12-10-13/h9-12,15,17H,4-6H2,1-3H3/t15-/m1/s1. The van der Waals surface area contributed by atoms with Gasteiger partial charge in [0.25, 0.3) is 0 Å². The van der Waals surface area contributed by atoms with Gasteiger partial charge in [0.2, 0.25) is 0 Å². The van der Waals surface area contributed by atoms with Crippen molar-refractivity contribution in [2.45, 2.75) is 32.7 Å². The van der Waals surface area contributed by atoms with Crippen molar-refractivity contribution in [2.24, 2.45) is 0 Å². The molecule has 0 aromatic heterocycles. The van der Waals surface area contributed by atoms with E-state index in [2.05, 4.69) is 17.2 Å². The van der Waals surface area contributed by atoms with Crippen LogP contribution < -0.4 is 10.1 Å². The molecule has 1 N–H and O–H groups in total. The molecule has 0 spiro atoms. The number of carbonyl (C=O) groups is 1. The highest BCUT2D eigenvalue weighted by Gasteiger charge is 2.16. The Bertz CT molecular complexity index is 471. The van der Waals surface area contributed by atoms with Crippen molar-refractivity contribution in [3.63, 3.8) is 0 Å². The van der Waals surface area contributed by atoms with E-state index in [0.29, 0.717) is 6.61 Å². The highest BCUT2D eigenvalue weighted by Crippen LogP contribution is 2.16. The van der Waals surface area contributed by atoms with E-state index >= 15 is 0 Å².